The summed E-state index contributed by atoms with van der Waals surface area (Å²) in [6.45, 7) is 6.50. The first kappa shape index (κ1) is 12.9. The van der Waals surface area contributed by atoms with Crippen molar-refractivity contribution in [2.45, 2.75) is 46.1 Å². The van der Waals surface area contributed by atoms with Crippen molar-refractivity contribution in [3.63, 3.8) is 0 Å². The average Bonchev–Trinajstić information content (AvgIpc) is 2.03. The van der Waals surface area contributed by atoms with E-state index < -0.39 is 0 Å². The zero-order valence-corrected chi connectivity index (χ0v) is 10.4. The molecule has 0 aromatic rings. The van der Waals surface area contributed by atoms with Crippen LogP contribution in [0.3, 0.4) is 0 Å². The first-order valence-electron chi connectivity index (χ1n) is 4.91. The summed E-state index contributed by atoms with van der Waals surface area (Å²) >= 11 is 3.12. The second-order valence-corrected chi connectivity index (χ2v) is 4.49. The van der Waals surface area contributed by atoms with Crippen LogP contribution in [-0.2, 0) is 4.79 Å². The van der Waals surface area contributed by atoms with E-state index in [0.717, 1.165) is 12.3 Å². The first-order valence-corrected chi connectivity index (χ1v) is 6.03. The van der Waals surface area contributed by atoms with Crippen molar-refractivity contribution in [1.82, 2.24) is 5.32 Å². The molecule has 0 aliphatic rings. The molecule has 0 saturated heterocycles. The van der Waals surface area contributed by atoms with Gasteiger partial charge in [-0.1, -0.05) is 42.6 Å². The third-order valence-electron chi connectivity index (χ3n) is 1.95. The van der Waals surface area contributed by atoms with Crippen LogP contribution in [0.2, 0.25) is 0 Å². The van der Waals surface area contributed by atoms with Gasteiger partial charge in [-0.05, 0) is 19.3 Å². The minimum absolute atomic E-state index is 0.0806. The van der Waals surface area contributed by atoms with E-state index in [1.807, 2.05) is 0 Å². The summed E-state index contributed by atoms with van der Waals surface area (Å²) in [5, 5.41) is 3.32. The van der Waals surface area contributed by atoms with E-state index in [4.69, 9.17) is 0 Å². The maximum atomic E-state index is 11.0. The minimum Gasteiger partial charge on any atom is -0.353 e. The number of nitrogens with one attached hydrogen (secondary N) is 1. The molecule has 0 radical (unpaired) electrons. The third kappa shape index (κ3) is 8.28. The van der Waals surface area contributed by atoms with Crippen LogP contribution in [0.25, 0.3) is 0 Å². The summed E-state index contributed by atoms with van der Waals surface area (Å²) in [6.07, 6.45) is 3.52. The lowest BCUT2D eigenvalue weighted by Crippen LogP contribution is -2.33. The Kier molecular flexibility index (Phi) is 7.33. The summed E-state index contributed by atoms with van der Waals surface area (Å²) in [4.78, 5) is 11.0. The second-order valence-electron chi connectivity index (χ2n) is 3.93. The van der Waals surface area contributed by atoms with E-state index in [-0.39, 0.29) is 5.91 Å². The quantitative estimate of drug-likeness (QED) is 0.721. The highest BCUT2D eigenvalue weighted by atomic mass is 79.9. The van der Waals surface area contributed by atoms with Gasteiger partial charge >= 0.3 is 0 Å². The monoisotopic (exact) mass is 249 g/mol. The van der Waals surface area contributed by atoms with Crippen LogP contribution >= 0.6 is 15.9 Å². The summed E-state index contributed by atoms with van der Waals surface area (Å²) in [5.74, 6) is 0.844. The molecule has 0 fully saturated rings. The predicted molar refractivity (Wildman–Crippen MR) is 60.1 cm³/mol. The molecule has 3 heteroatoms. The van der Waals surface area contributed by atoms with Gasteiger partial charge < -0.3 is 5.32 Å². The van der Waals surface area contributed by atoms with Crippen LogP contribution in [0.15, 0.2) is 0 Å². The molecule has 0 spiro atoms. The van der Waals surface area contributed by atoms with E-state index in [2.05, 4.69) is 42.0 Å². The molecule has 1 unspecified atom stereocenters. The first-order chi connectivity index (χ1) is 6.06. The number of rotatable bonds is 6. The molecule has 0 aromatic heterocycles. The summed E-state index contributed by atoms with van der Waals surface area (Å²) in [7, 11) is 0. The molecule has 0 rings (SSSR count). The molecule has 78 valence electrons. The van der Waals surface area contributed by atoms with Gasteiger partial charge in [0.05, 0.1) is 5.33 Å². The standard InChI is InChI=1S/C10H20BrNO/c1-8(2)5-4-6-9(3)12-10(13)7-11/h8-9H,4-7H2,1-3H3,(H,12,13). The van der Waals surface area contributed by atoms with E-state index in [1.54, 1.807) is 0 Å². The number of amides is 1. The zero-order chi connectivity index (χ0) is 10.3. The molecule has 0 aliphatic carbocycles. The van der Waals surface area contributed by atoms with E-state index in [0.29, 0.717) is 11.4 Å². The Morgan fingerprint density at radius 1 is 1.31 bits per heavy atom. The Labute approximate surface area is 89.6 Å². The van der Waals surface area contributed by atoms with Gasteiger partial charge in [0.1, 0.15) is 0 Å². The van der Waals surface area contributed by atoms with Gasteiger partial charge in [0.2, 0.25) is 5.91 Å². The largest absolute Gasteiger partial charge is 0.353 e. The zero-order valence-electron chi connectivity index (χ0n) is 8.77. The van der Waals surface area contributed by atoms with Crippen LogP contribution in [0.5, 0.6) is 0 Å². The van der Waals surface area contributed by atoms with Gasteiger partial charge in [0, 0.05) is 6.04 Å². The fourth-order valence-corrected chi connectivity index (χ4v) is 1.38. The topological polar surface area (TPSA) is 29.1 Å². The van der Waals surface area contributed by atoms with Gasteiger partial charge in [-0.2, -0.15) is 0 Å². The molecule has 0 saturated carbocycles. The Hall–Kier alpha value is -0.0500. The van der Waals surface area contributed by atoms with E-state index in [9.17, 15) is 4.79 Å². The Morgan fingerprint density at radius 2 is 1.92 bits per heavy atom. The number of hydrogen-bond donors (Lipinski definition) is 1. The van der Waals surface area contributed by atoms with Crippen molar-refractivity contribution in [2.75, 3.05) is 5.33 Å². The van der Waals surface area contributed by atoms with Gasteiger partial charge in [-0.3, -0.25) is 4.79 Å². The smallest absolute Gasteiger partial charge is 0.230 e. The highest BCUT2D eigenvalue weighted by Crippen LogP contribution is 2.08. The lowest BCUT2D eigenvalue weighted by Gasteiger charge is -2.13. The van der Waals surface area contributed by atoms with Gasteiger partial charge in [-0.15, -0.1) is 0 Å². The Balaban J connectivity index is 3.40. The summed E-state index contributed by atoms with van der Waals surface area (Å²) in [6, 6.07) is 0.309. The van der Waals surface area contributed by atoms with Gasteiger partial charge in [0.15, 0.2) is 0 Å². The SMILES string of the molecule is CC(C)CCCC(C)NC(=O)CBr. The van der Waals surface area contributed by atoms with Crippen LogP contribution in [0.4, 0.5) is 0 Å². The minimum atomic E-state index is 0.0806. The second kappa shape index (κ2) is 7.36. The fraction of sp³-hybridized carbons (Fsp3) is 0.900. The predicted octanol–water partition coefficient (Wildman–Crippen LogP) is 2.71. The lowest BCUT2D eigenvalue weighted by molar-refractivity contribution is -0.119. The highest BCUT2D eigenvalue weighted by Gasteiger charge is 2.05. The van der Waals surface area contributed by atoms with Crippen molar-refractivity contribution >= 4 is 21.8 Å². The molecule has 0 bridgehead atoms. The summed E-state index contributed by atoms with van der Waals surface area (Å²) in [5.41, 5.74) is 0. The number of alkyl halides is 1. The molecular formula is C10H20BrNO. The van der Waals surface area contributed by atoms with E-state index in [1.165, 1.54) is 12.8 Å². The van der Waals surface area contributed by atoms with Crippen molar-refractivity contribution in [1.29, 1.82) is 0 Å². The highest BCUT2D eigenvalue weighted by molar-refractivity contribution is 9.09. The van der Waals surface area contributed by atoms with Crippen LogP contribution in [0.1, 0.15) is 40.0 Å². The number of halogens is 1. The molecule has 0 aromatic carbocycles. The molecule has 13 heavy (non-hydrogen) atoms. The van der Waals surface area contributed by atoms with Gasteiger partial charge in [-0.25, -0.2) is 0 Å². The molecule has 1 amide bonds. The van der Waals surface area contributed by atoms with Crippen molar-refractivity contribution in [2.24, 2.45) is 5.92 Å². The fourth-order valence-electron chi connectivity index (χ4n) is 1.22. The maximum absolute atomic E-state index is 11.0. The Bertz CT molecular complexity index is 148. The third-order valence-corrected chi connectivity index (χ3v) is 2.46. The molecule has 0 aliphatic heterocycles. The molecule has 1 N–H and O–H groups in total. The van der Waals surface area contributed by atoms with Crippen molar-refractivity contribution < 1.29 is 4.79 Å². The van der Waals surface area contributed by atoms with Crippen molar-refractivity contribution in [3.8, 4) is 0 Å². The lowest BCUT2D eigenvalue weighted by atomic mass is 10.0. The Morgan fingerprint density at radius 3 is 2.38 bits per heavy atom. The molecule has 1 atom stereocenters. The van der Waals surface area contributed by atoms with Gasteiger partial charge in [0.25, 0.3) is 0 Å². The molecular weight excluding hydrogens is 230 g/mol. The normalized spacial score (nSPS) is 13.0. The molecule has 2 nitrogen and oxygen atoms in total. The number of carbonyl (C=O) groups is 1. The van der Waals surface area contributed by atoms with Crippen molar-refractivity contribution in [3.05, 3.63) is 0 Å². The number of hydrogen-bond acceptors (Lipinski definition) is 1. The van der Waals surface area contributed by atoms with Crippen LogP contribution < -0.4 is 5.32 Å². The van der Waals surface area contributed by atoms with E-state index >= 15 is 0 Å². The number of carbonyl (C=O) groups excluding carboxylic acids is 1. The van der Waals surface area contributed by atoms with Crippen LogP contribution in [0, 0.1) is 5.92 Å². The van der Waals surface area contributed by atoms with Crippen LogP contribution in [-0.4, -0.2) is 17.3 Å². The molecule has 0 heterocycles. The summed E-state index contributed by atoms with van der Waals surface area (Å²) < 4.78 is 0. The average molecular weight is 250 g/mol. The maximum Gasteiger partial charge on any atom is 0.230 e.